The highest BCUT2D eigenvalue weighted by Gasteiger charge is 2.18. The molecule has 1 aromatic carbocycles. The molecule has 0 unspecified atom stereocenters. The Labute approximate surface area is 144 Å². The number of hydrogen-bond acceptors (Lipinski definition) is 4. The zero-order valence-corrected chi connectivity index (χ0v) is 14.5. The highest BCUT2D eigenvalue weighted by atomic mass is 32.2. The topological polar surface area (TPSA) is 54.0 Å². The number of aromatic nitrogens is 1. The molecule has 1 saturated heterocycles. The Morgan fingerprint density at radius 1 is 1.22 bits per heavy atom. The van der Waals surface area contributed by atoms with Crippen LogP contribution in [-0.4, -0.2) is 22.5 Å². The van der Waals surface area contributed by atoms with E-state index in [1.165, 1.54) is 17.1 Å². The molecule has 0 spiro atoms. The normalized spacial score (nSPS) is 14.7. The minimum atomic E-state index is -0.211. The maximum Gasteiger partial charge on any atom is 0.319 e. The van der Waals surface area contributed by atoms with Gasteiger partial charge in [0.15, 0.2) is 0 Å². The van der Waals surface area contributed by atoms with Crippen molar-refractivity contribution < 1.29 is 4.79 Å². The van der Waals surface area contributed by atoms with Gasteiger partial charge in [0.25, 0.3) is 0 Å². The van der Waals surface area contributed by atoms with Crippen LogP contribution in [0.3, 0.4) is 0 Å². The molecule has 23 heavy (non-hydrogen) atoms. The average Bonchev–Trinajstić information content (AvgIpc) is 3.08. The van der Waals surface area contributed by atoms with Gasteiger partial charge in [0.2, 0.25) is 0 Å². The van der Waals surface area contributed by atoms with Crippen LogP contribution in [0.25, 0.3) is 0 Å². The van der Waals surface area contributed by atoms with Crippen LogP contribution in [0.4, 0.5) is 10.5 Å². The van der Waals surface area contributed by atoms with Crippen molar-refractivity contribution in [1.29, 1.82) is 0 Å². The van der Waals surface area contributed by atoms with E-state index in [1.54, 1.807) is 0 Å². The number of aryl methyl sites for hydroxylation is 1. The Kier molecular flexibility index (Phi) is 5.46. The highest BCUT2D eigenvalue weighted by molar-refractivity contribution is 8.19. The van der Waals surface area contributed by atoms with Crippen molar-refractivity contribution >= 4 is 35.2 Å². The van der Waals surface area contributed by atoms with Gasteiger partial charge in [-0.3, -0.25) is 4.98 Å². The fourth-order valence-electron chi connectivity index (χ4n) is 2.36. The van der Waals surface area contributed by atoms with Gasteiger partial charge in [-0.2, -0.15) is 0 Å². The Morgan fingerprint density at radius 2 is 2.00 bits per heavy atom. The monoisotopic (exact) mass is 345 g/mol. The van der Waals surface area contributed by atoms with Crippen LogP contribution in [0, 0.1) is 6.92 Å². The largest absolute Gasteiger partial charge is 0.332 e. The first-order chi connectivity index (χ1) is 11.2. The van der Waals surface area contributed by atoms with Crippen molar-refractivity contribution in [2.45, 2.75) is 18.1 Å². The number of anilines is 1. The first-order valence-electron chi connectivity index (χ1n) is 7.51. The Morgan fingerprint density at radius 3 is 2.78 bits per heavy atom. The molecule has 0 atom stereocenters. The van der Waals surface area contributed by atoms with Crippen LogP contribution in [-0.2, 0) is 6.54 Å². The lowest BCUT2D eigenvalue weighted by molar-refractivity contribution is 0.251. The smallest absolute Gasteiger partial charge is 0.319 e. The van der Waals surface area contributed by atoms with Crippen LogP contribution in [0.15, 0.2) is 42.5 Å². The lowest BCUT2D eigenvalue weighted by atomic mass is 10.2. The predicted octanol–water partition coefficient (Wildman–Crippen LogP) is 4.19. The maximum absolute atomic E-state index is 12.0. The second kappa shape index (κ2) is 7.75. The molecular formula is C17H19N3OS2. The van der Waals surface area contributed by atoms with Crippen molar-refractivity contribution in [3.05, 3.63) is 59.4 Å². The average molecular weight is 345 g/mol. The minimum absolute atomic E-state index is 0.211. The molecule has 0 radical (unpaired) electrons. The quantitative estimate of drug-likeness (QED) is 0.872. The van der Waals surface area contributed by atoms with Gasteiger partial charge >= 0.3 is 6.03 Å². The summed E-state index contributed by atoms with van der Waals surface area (Å²) in [5.41, 5.74) is 3.89. The zero-order chi connectivity index (χ0) is 16.1. The molecule has 6 heteroatoms. The molecule has 1 aliphatic heterocycles. The number of urea groups is 1. The molecule has 1 aliphatic rings. The number of nitrogens with one attached hydrogen (secondary N) is 2. The summed E-state index contributed by atoms with van der Waals surface area (Å²) in [4.78, 5) is 16.4. The van der Waals surface area contributed by atoms with Crippen LogP contribution < -0.4 is 10.6 Å². The van der Waals surface area contributed by atoms with Crippen molar-refractivity contribution in [2.75, 3.05) is 16.8 Å². The first kappa shape index (κ1) is 16.2. The van der Waals surface area contributed by atoms with Gasteiger partial charge in [0, 0.05) is 22.9 Å². The number of rotatable bonds is 4. The van der Waals surface area contributed by atoms with E-state index in [4.69, 9.17) is 0 Å². The second-order valence-electron chi connectivity index (χ2n) is 5.28. The fourth-order valence-corrected chi connectivity index (χ4v) is 5.20. The highest BCUT2D eigenvalue weighted by Crippen LogP contribution is 2.45. The Bertz CT molecular complexity index is 687. The lowest BCUT2D eigenvalue weighted by Gasteiger charge is -2.12. The molecule has 1 fully saturated rings. The van der Waals surface area contributed by atoms with Gasteiger partial charge in [-0.05, 0) is 36.8 Å². The van der Waals surface area contributed by atoms with Crippen LogP contribution in [0.5, 0.6) is 0 Å². The van der Waals surface area contributed by atoms with Crippen LogP contribution in [0.1, 0.15) is 21.5 Å². The molecule has 2 N–H and O–H groups in total. The molecule has 2 heterocycles. The van der Waals surface area contributed by atoms with Crippen molar-refractivity contribution in [3.63, 3.8) is 0 Å². The van der Waals surface area contributed by atoms with Crippen molar-refractivity contribution in [1.82, 2.24) is 10.3 Å². The minimum Gasteiger partial charge on any atom is -0.332 e. The third kappa shape index (κ3) is 4.65. The standard InChI is InChI=1S/C17H19N3OS2/c1-12-4-2-7-15(19-12)11-18-17(21)20-14-6-3-5-13(10-14)16-22-8-9-23-16/h2-7,10,16H,8-9,11H2,1H3,(H2,18,20,21). The molecule has 120 valence electrons. The summed E-state index contributed by atoms with van der Waals surface area (Å²) in [6, 6.07) is 13.7. The van der Waals surface area contributed by atoms with E-state index < -0.39 is 0 Å². The molecule has 3 rings (SSSR count). The Balaban J connectivity index is 1.56. The third-order valence-corrected chi connectivity index (χ3v) is 6.52. The van der Waals surface area contributed by atoms with Gasteiger partial charge in [0.1, 0.15) is 0 Å². The molecule has 1 aromatic heterocycles. The third-order valence-electron chi connectivity index (χ3n) is 3.41. The number of thioether (sulfide) groups is 2. The van der Waals surface area contributed by atoms with E-state index in [2.05, 4.69) is 27.8 Å². The summed E-state index contributed by atoms with van der Waals surface area (Å²) in [5.74, 6) is 2.38. The molecule has 0 bridgehead atoms. The molecule has 0 saturated carbocycles. The number of carbonyl (C=O) groups is 1. The first-order valence-corrected chi connectivity index (χ1v) is 9.61. The van der Waals surface area contributed by atoms with E-state index in [9.17, 15) is 4.79 Å². The van der Waals surface area contributed by atoms with Gasteiger partial charge in [-0.15, -0.1) is 23.5 Å². The number of hydrogen-bond donors (Lipinski definition) is 2. The van der Waals surface area contributed by atoms with E-state index in [0.717, 1.165) is 17.1 Å². The van der Waals surface area contributed by atoms with E-state index in [-0.39, 0.29) is 6.03 Å². The number of benzene rings is 1. The van der Waals surface area contributed by atoms with Crippen molar-refractivity contribution in [2.24, 2.45) is 0 Å². The molecule has 0 aliphatic carbocycles. The number of carbonyl (C=O) groups excluding carboxylic acids is 1. The molecule has 4 nitrogen and oxygen atoms in total. The summed E-state index contributed by atoms with van der Waals surface area (Å²) in [6.45, 7) is 2.36. The lowest BCUT2D eigenvalue weighted by Crippen LogP contribution is -2.28. The fraction of sp³-hybridized carbons (Fsp3) is 0.294. The Hall–Kier alpha value is -1.66. The predicted molar refractivity (Wildman–Crippen MR) is 98.9 cm³/mol. The number of amides is 2. The van der Waals surface area contributed by atoms with Crippen LogP contribution in [0.2, 0.25) is 0 Å². The number of pyridine rings is 1. The summed E-state index contributed by atoms with van der Waals surface area (Å²) >= 11 is 3.92. The SMILES string of the molecule is Cc1cccc(CNC(=O)Nc2cccc(C3SCCS3)c2)n1. The van der Waals surface area contributed by atoms with Gasteiger partial charge < -0.3 is 10.6 Å². The van der Waals surface area contributed by atoms with Gasteiger partial charge in [-0.1, -0.05) is 18.2 Å². The van der Waals surface area contributed by atoms with Crippen LogP contribution >= 0.6 is 23.5 Å². The maximum atomic E-state index is 12.0. The molecular weight excluding hydrogens is 326 g/mol. The summed E-state index contributed by atoms with van der Waals surface area (Å²) < 4.78 is 0.483. The summed E-state index contributed by atoms with van der Waals surface area (Å²) in [5, 5.41) is 5.73. The van der Waals surface area contributed by atoms with Gasteiger partial charge in [0.05, 0.1) is 16.8 Å². The van der Waals surface area contributed by atoms with E-state index in [0.29, 0.717) is 11.1 Å². The number of nitrogens with zero attached hydrogens (tertiary/aromatic N) is 1. The van der Waals surface area contributed by atoms with Crippen molar-refractivity contribution in [3.8, 4) is 0 Å². The second-order valence-corrected chi connectivity index (χ2v) is 8.00. The van der Waals surface area contributed by atoms with Gasteiger partial charge in [-0.25, -0.2) is 4.79 Å². The molecule has 2 amide bonds. The summed E-state index contributed by atoms with van der Waals surface area (Å²) in [6.07, 6.45) is 0. The van der Waals surface area contributed by atoms with E-state index in [1.807, 2.05) is 60.8 Å². The summed E-state index contributed by atoms with van der Waals surface area (Å²) in [7, 11) is 0. The molecule has 2 aromatic rings. The van der Waals surface area contributed by atoms with E-state index >= 15 is 0 Å². The zero-order valence-electron chi connectivity index (χ0n) is 12.9.